The maximum Gasteiger partial charge on any atom is 0.216 e. The number of nitrogens with zero attached hydrogens (tertiary/aromatic N) is 3. The molecule has 5 heteroatoms. The van der Waals surface area contributed by atoms with Gasteiger partial charge in [-0.2, -0.15) is 4.98 Å². The Labute approximate surface area is 151 Å². The van der Waals surface area contributed by atoms with Crippen molar-refractivity contribution < 1.29 is 4.74 Å². The second-order valence-electron chi connectivity index (χ2n) is 7.10. The smallest absolute Gasteiger partial charge is 0.216 e. The van der Waals surface area contributed by atoms with E-state index in [1.54, 1.807) is 0 Å². The Bertz CT molecular complexity index is 538. The molecular formula is C19H30ClN3O. The highest BCUT2D eigenvalue weighted by Crippen LogP contribution is 2.31. The van der Waals surface area contributed by atoms with Crippen LogP contribution in [0, 0.1) is 6.92 Å². The predicted molar refractivity (Wildman–Crippen MR) is 100 cm³/mol. The number of hydrogen-bond acceptors (Lipinski definition) is 4. The van der Waals surface area contributed by atoms with Crippen LogP contribution in [0.2, 0.25) is 5.02 Å². The van der Waals surface area contributed by atoms with E-state index in [1.807, 2.05) is 6.07 Å². The second-order valence-corrected chi connectivity index (χ2v) is 7.50. The van der Waals surface area contributed by atoms with Gasteiger partial charge in [0, 0.05) is 37.8 Å². The van der Waals surface area contributed by atoms with E-state index < -0.39 is 0 Å². The summed E-state index contributed by atoms with van der Waals surface area (Å²) in [7, 11) is 0. The molecule has 2 fully saturated rings. The minimum absolute atomic E-state index is 0.305. The van der Waals surface area contributed by atoms with Crippen molar-refractivity contribution in [3.05, 3.63) is 16.7 Å². The molecule has 1 aliphatic carbocycles. The Morgan fingerprint density at radius 3 is 2.54 bits per heavy atom. The molecule has 4 nitrogen and oxygen atoms in total. The zero-order chi connectivity index (χ0) is 16.9. The molecule has 0 bridgehead atoms. The third-order valence-corrected chi connectivity index (χ3v) is 5.60. The van der Waals surface area contributed by atoms with Crippen LogP contribution in [0.25, 0.3) is 0 Å². The molecule has 0 amide bonds. The molecule has 2 aliphatic rings. The van der Waals surface area contributed by atoms with Gasteiger partial charge in [0.15, 0.2) is 0 Å². The van der Waals surface area contributed by atoms with Crippen LogP contribution in [0.4, 0.5) is 5.82 Å². The van der Waals surface area contributed by atoms with E-state index in [9.17, 15) is 0 Å². The summed E-state index contributed by atoms with van der Waals surface area (Å²) in [4.78, 5) is 9.71. The summed E-state index contributed by atoms with van der Waals surface area (Å²) < 4.78 is 6.15. The third kappa shape index (κ3) is 4.34. The first-order valence-electron chi connectivity index (χ1n) is 9.48. The molecule has 3 rings (SSSR count). The number of piperazine rings is 1. The number of anilines is 1. The molecule has 1 aromatic heterocycles. The Kier molecular flexibility index (Phi) is 6.23. The number of rotatable bonds is 5. The summed E-state index contributed by atoms with van der Waals surface area (Å²) in [5.41, 5.74) is 1.07. The Morgan fingerprint density at radius 2 is 1.88 bits per heavy atom. The van der Waals surface area contributed by atoms with Gasteiger partial charge in [0.25, 0.3) is 0 Å². The molecule has 1 aromatic rings. The second kappa shape index (κ2) is 8.39. The summed E-state index contributed by atoms with van der Waals surface area (Å²) in [6.45, 7) is 9.71. The van der Waals surface area contributed by atoms with E-state index in [1.165, 1.54) is 32.2 Å². The lowest BCUT2D eigenvalue weighted by molar-refractivity contribution is 0.148. The monoisotopic (exact) mass is 351 g/mol. The highest BCUT2D eigenvalue weighted by atomic mass is 35.5. The Hall–Kier alpha value is -1.00. The zero-order valence-corrected chi connectivity index (χ0v) is 15.8. The predicted octanol–water partition coefficient (Wildman–Crippen LogP) is 4.29. The van der Waals surface area contributed by atoms with Crippen molar-refractivity contribution in [1.82, 2.24) is 9.88 Å². The van der Waals surface area contributed by atoms with Gasteiger partial charge in [-0.15, -0.1) is 0 Å². The Balaban J connectivity index is 1.70. The first-order chi connectivity index (χ1) is 11.7. The first kappa shape index (κ1) is 17.8. The molecule has 0 spiro atoms. The average molecular weight is 352 g/mol. The molecule has 1 saturated heterocycles. The van der Waals surface area contributed by atoms with E-state index in [4.69, 9.17) is 21.3 Å². The molecule has 0 N–H and O–H groups in total. The molecule has 134 valence electrons. The number of ether oxygens (including phenoxy) is 1. The number of halogens is 1. The van der Waals surface area contributed by atoms with Crippen molar-refractivity contribution in [2.75, 3.05) is 37.6 Å². The minimum Gasteiger partial charge on any atom is -0.474 e. The lowest BCUT2D eigenvalue weighted by Crippen LogP contribution is -2.47. The fourth-order valence-corrected chi connectivity index (χ4v) is 3.94. The van der Waals surface area contributed by atoms with E-state index in [0.717, 1.165) is 55.4 Å². The summed E-state index contributed by atoms with van der Waals surface area (Å²) in [6.07, 6.45) is 7.64. The van der Waals surface area contributed by atoms with E-state index in [-0.39, 0.29) is 0 Å². The van der Waals surface area contributed by atoms with Crippen LogP contribution in [-0.2, 0) is 0 Å². The van der Waals surface area contributed by atoms with Gasteiger partial charge in [-0.1, -0.05) is 24.9 Å². The lowest BCUT2D eigenvalue weighted by atomic mass is 9.98. The summed E-state index contributed by atoms with van der Waals surface area (Å²) >= 11 is 6.48. The summed E-state index contributed by atoms with van der Waals surface area (Å²) in [5.74, 6) is 1.70. The van der Waals surface area contributed by atoms with Crippen molar-refractivity contribution in [1.29, 1.82) is 0 Å². The van der Waals surface area contributed by atoms with Crippen LogP contribution in [0.1, 0.15) is 51.0 Å². The van der Waals surface area contributed by atoms with Crippen molar-refractivity contribution in [3.8, 4) is 5.88 Å². The van der Waals surface area contributed by atoms with Gasteiger partial charge in [0.05, 0.1) is 5.02 Å². The maximum atomic E-state index is 6.48. The normalized spacial score (nSPS) is 20.4. The largest absolute Gasteiger partial charge is 0.474 e. The van der Waals surface area contributed by atoms with Gasteiger partial charge in [-0.05, 0) is 45.6 Å². The standard InChI is InChI=1S/C19H30ClN3O/c1-3-9-22-10-12-23(13-11-22)19-15(2)17(20)14-18(21-19)24-16-7-5-4-6-8-16/h14,16H,3-13H2,1-2H3. The number of pyridine rings is 1. The highest BCUT2D eigenvalue weighted by molar-refractivity contribution is 6.31. The highest BCUT2D eigenvalue weighted by Gasteiger charge is 2.22. The van der Waals surface area contributed by atoms with Crippen LogP contribution in [-0.4, -0.2) is 48.7 Å². The van der Waals surface area contributed by atoms with Gasteiger partial charge in [0.2, 0.25) is 5.88 Å². The molecule has 24 heavy (non-hydrogen) atoms. The third-order valence-electron chi connectivity index (χ3n) is 5.21. The molecule has 2 heterocycles. The lowest BCUT2D eigenvalue weighted by Gasteiger charge is -2.36. The SMILES string of the molecule is CCCN1CCN(c2nc(OC3CCCCC3)cc(Cl)c2C)CC1. The van der Waals surface area contributed by atoms with Gasteiger partial charge in [0.1, 0.15) is 11.9 Å². The van der Waals surface area contributed by atoms with Crippen molar-refractivity contribution in [3.63, 3.8) is 0 Å². The number of aromatic nitrogens is 1. The van der Waals surface area contributed by atoms with Crippen molar-refractivity contribution in [2.45, 2.75) is 58.5 Å². The molecule has 0 radical (unpaired) electrons. The van der Waals surface area contributed by atoms with Gasteiger partial charge in [-0.3, -0.25) is 4.90 Å². The van der Waals surface area contributed by atoms with Crippen LogP contribution >= 0.6 is 11.6 Å². The van der Waals surface area contributed by atoms with E-state index >= 15 is 0 Å². The van der Waals surface area contributed by atoms with Crippen LogP contribution in [0.5, 0.6) is 5.88 Å². The first-order valence-corrected chi connectivity index (χ1v) is 9.86. The quantitative estimate of drug-likeness (QED) is 0.791. The number of hydrogen-bond donors (Lipinski definition) is 0. The van der Waals surface area contributed by atoms with Crippen molar-refractivity contribution in [2.24, 2.45) is 0 Å². The van der Waals surface area contributed by atoms with Gasteiger partial charge >= 0.3 is 0 Å². The molecule has 1 aliphatic heterocycles. The average Bonchev–Trinajstić information content (AvgIpc) is 2.60. The van der Waals surface area contributed by atoms with Gasteiger partial charge in [-0.25, -0.2) is 0 Å². The van der Waals surface area contributed by atoms with E-state index in [2.05, 4.69) is 23.6 Å². The Morgan fingerprint density at radius 1 is 1.17 bits per heavy atom. The fraction of sp³-hybridized carbons (Fsp3) is 0.737. The topological polar surface area (TPSA) is 28.6 Å². The zero-order valence-electron chi connectivity index (χ0n) is 15.1. The molecular weight excluding hydrogens is 322 g/mol. The summed E-state index contributed by atoms with van der Waals surface area (Å²) in [6, 6.07) is 1.89. The molecule has 0 atom stereocenters. The van der Waals surface area contributed by atoms with Crippen LogP contribution < -0.4 is 9.64 Å². The van der Waals surface area contributed by atoms with Crippen LogP contribution in [0.3, 0.4) is 0 Å². The van der Waals surface area contributed by atoms with Crippen LogP contribution in [0.15, 0.2) is 6.07 Å². The van der Waals surface area contributed by atoms with E-state index in [0.29, 0.717) is 12.0 Å². The van der Waals surface area contributed by atoms with Gasteiger partial charge < -0.3 is 9.64 Å². The van der Waals surface area contributed by atoms with Crippen molar-refractivity contribution >= 4 is 17.4 Å². The maximum absolute atomic E-state index is 6.48. The molecule has 0 unspecified atom stereocenters. The minimum atomic E-state index is 0.305. The molecule has 0 aromatic carbocycles. The molecule has 1 saturated carbocycles. The summed E-state index contributed by atoms with van der Waals surface area (Å²) in [5, 5.41) is 0.766. The fourth-order valence-electron chi connectivity index (χ4n) is 3.77.